The predicted molar refractivity (Wildman–Crippen MR) is 104 cm³/mol. The summed E-state index contributed by atoms with van der Waals surface area (Å²) in [5.41, 5.74) is 0.512. The summed E-state index contributed by atoms with van der Waals surface area (Å²) in [5.74, 6) is -0.276. The number of carboxylic acid groups (broad SMARTS) is 1. The molecule has 0 aromatic carbocycles. The molecule has 2 amide bonds. The molecular weight excluding hydrogens is 356 g/mol. The zero-order valence-corrected chi connectivity index (χ0v) is 17.0. The minimum absolute atomic E-state index is 0.135. The van der Waals surface area contributed by atoms with E-state index < -0.39 is 11.6 Å². The molecule has 7 nitrogen and oxygen atoms in total. The van der Waals surface area contributed by atoms with Gasteiger partial charge in [0.2, 0.25) is 0 Å². The lowest BCUT2D eigenvalue weighted by atomic mass is 10.0. The fourth-order valence-corrected chi connectivity index (χ4v) is 2.95. The molecule has 146 valence electrons. The minimum atomic E-state index is -0.971. The van der Waals surface area contributed by atoms with E-state index in [1.807, 2.05) is 41.5 Å². The average molecular weight is 385 g/mol. The fraction of sp³-hybridized carbons (Fsp3) is 0.611. The van der Waals surface area contributed by atoms with E-state index in [4.69, 9.17) is 11.6 Å². The molecule has 1 unspecified atom stereocenters. The normalized spacial score (nSPS) is 12.6. The molecule has 1 atom stereocenters. The first-order chi connectivity index (χ1) is 11.9. The Hall–Kier alpha value is -2.02. The molecule has 3 N–H and O–H groups in total. The summed E-state index contributed by atoms with van der Waals surface area (Å²) in [7, 11) is 0. The second kappa shape index (κ2) is 9.07. The highest BCUT2D eigenvalue weighted by atomic mass is 35.5. The van der Waals surface area contributed by atoms with Crippen molar-refractivity contribution in [3.05, 3.63) is 23.0 Å². The zero-order valence-electron chi connectivity index (χ0n) is 16.3. The lowest BCUT2D eigenvalue weighted by Crippen LogP contribution is -2.50. The first-order valence-corrected chi connectivity index (χ1v) is 9.03. The van der Waals surface area contributed by atoms with Crippen molar-refractivity contribution in [2.24, 2.45) is 0 Å². The van der Waals surface area contributed by atoms with Crippen LogP contribution in [0.3, 0.4) is 0 Å². The van der Waals surface area contributed by atoms with Crippen LogP contribution in [-0.4, -0.2) is 51.2 Å². The molecule has 1 heterocycles. The highest BCUT2D eigenvalue weighted by molar-refractivity contribution is 6.29. The molecule has 0 saturated carbocycles. The van der Waals surface area contributed by atoms with Gasteiger partial charge in [0.1, 0.15) is 5.15 Å². The number of hydrogen-bond donors (Lipinski definition) is 3. The fourth-order valence-electron chi connectivity index (χ4n) is 2.80. The highest BCUT2D eigenvalue weighted by Gasteiger charge is 2.30. The van der Waals surface area contributed by atoms with Gasteiger partial charge in [0.25, 0.3) is 5.91 Å². The summed E-state index contributed by atoms with van der Waals surface area (Å²) < 4.78 is 0. The summed E-state index contributed by atoms with van der Waals surface area (Å²) in [6, 6.07) is 1.52. The molecule has 0 aliphatic carbocycles. The van der Waals surface area contributed by atoms with Crippen molar-refractivity contribution >= 4 is 29.3 Å². The highest BCUT2D eigenvalue weighted by Crippen LogP contribution is 2.21. The molecule has 1 rings (SSSR count). The van der Waals surface area contributed by atoms with Crippen LogP contribution in [0.2, 0.25) is 5.15 Å². The van der Waals surface area contributed by atoms with Crippen molar-refractivity contribution in [1.82, 2.24) is 15.2 Å². The van der Waals surface area contributed by atoms with E-state index in [2.05, 4.69) is 15.6 Å². The maximum Gasteiger partial charge on any atom is 0.407 e. The van der Waals surface area contributed by atoms with Gasteiger partial charge in [-0.05, 0) is 54.0 Å². The van der Waals surface area contributed by atoms with Crippen LogP contribution in [0, 0.1) is 0 Å². The molecule has 1 aromatic heterocycles. The van der Waals surface area contributed by atoms with Crippen LogP contribution in [0.15, 0.2) is 12.3 Å². The molecule has 1 aromatic rings. The number of carbonyl (C=O) groups excluding carboxylic acids is 1. The third kappa shape index (κ3) is 6.37. The van der Waals surface area contributed by atoms with E-state index in [9.17, 15) is 14.7 Å². The zero-order chi connectivity index (χ0) is 20.1. The Kier molecular flexibility index (Phi) is 7.68. The van der Waals surface area contributed by atoms with Gasteiger partial charge in [-0.2, -0.15) is 0 Å². The van der Waals surface area contributed by atoms with Gasteiger partial charge in [-0.25, -0.2) is 9.78 Å². The maximum atomic E-state index is 12.5. The summed E-state index contributed by atoms with van der Waals surface area (Å²) in [6.07, 6.45) is 0.968. The van der Waals surface area contributed by atoms with Crippen LogP contribution in [0.5, 0.6) is 0 Å². The van der Waals surface area contributed by atoms with Gasteiger partial charge in [0, 0.05) is 30.4 Å². The largest absolute Gasteiger partial charge is 0.465 e. The van der Waals surface area contributed by atoms with Crippen molar-refractivity contribution in [2.45, 2.75) is 65.6 Å². The van der Waals surface area contributed by atoms with Gasteiger partial charge in [0.05, 0.1) is 11.3 Å². The van der Waals surface area contributed by atoms with E-state index in [1.54, 1.807) is 6.07 Å². The number of rotatable bonds is 7. The number of anilines is 1. The average Bonchev–Trinajstić information content (AvgIpc) is 2.44. The molecule has 0 bridgehead atoms. The number of nitrogens with zero attached hydrogens (tertiary/aromatic N) is 2. The summed E-state index contributed by atoms with van der Waals surface area (Å²) in [4.78, 5) is 29.3. The summed E-state index contributed by atoms with van der Waals surface area (Å²) in [5, 5.41) is 15.7. The Morgan fingerprint density at radius 2 is 1.92 bits per heavy atom. The Morgan fingerprint density at radius 3 is 2.42 bits per heavy atom. The van der Waals surface area contributed by atoms with Gasteiger partial charge in [-0.3, -0.25) is 4.79 Å². The number of aromatic nitrogens is 1. The van der Waals surface area contributed by atoms with Crippen LogP contribution in [0.1, 0.15) is 58.3 Å². The Bertz CT molecular complexity index is 644. The lowest BCUT2D eigenvalue weighted by Gasteiger charge is -2.38. The third-order valence-corrected chi connectivity index (χ3v) is 3.98. The molecular formula is C18H29ClN4O3. The molecule has 0 saturated heterocycles. The molecule has 0 spiro atoms. The van der Waals surface area contributed by atoms with E-state index in [0.29, 0.717) is 29.4 Å². The van der Waals surface area contributed by atoms with Crippen LogP contribution in [0.25, 0.3) is 0 Å². The van der Waals surface area contributed by atoms with Crippen molar-refractivity contribution < 1.29 is 14.7 Å². The van der Waals surface area contributed by atoms with E-state index >= 15 is 0 Å². The Balaban J connectivity index is 2.74. The van der Waals surface area contributed by atoms with Gasteiger partial charge in [-0.1, -0.05) is 11.6 Å². The second-order valence-corrected chi connectivity index (χ2v) is 7.96. The summed E-state index contributed by atoms with van der Waals surface area (Å²) >= 11 is 5.91. The number of pyridine rings is 1. The van der Waals surface area contributed by atoms with Crippen molar-refractivity contribution in [1.29, 1.82) is 0 Å². The molecule has 8 heteroatoms. The van der Waals surface area contributed by atoms with Gasteiger partial charge in [-0.15, -0.1) is 0 Å². The molecule has 0 aliphatic rings. The Labute approximate surface area is 160 Å². The number of carbonyl (C=O) groups is 2. The number of amides is 2. The molecule has 0 fully saturated rings. The standard InChI is InChI=1S/C18H29ClN4O3/c1-11(2)22-14-9-15(19)21-10-13(14)16(24)20-8-7-12(3)23(17(25)26)18(4,5)6/h9-12H,7-8H2,1-6H3,(H,20,24)(H,21,22)(H,25,26). The predicted octanol–water partition coefficient (Wildman–Crippen LogP) is 3.84. The maximum absolute atomic E-state index is 12.5. The minimum Gasteiger partial charge on any atom is -0.465 e. The molecule has 0 aliphatic heterocycles. The SMILES string of the molecule is CC(C)Nc1cc(Cl)ncc1C(=O)NCCC(C)N(C(=O)O)C(C)(C)C. The molecule has 0 radical (unpaired) electrons. The van der Waals surface area contributed by atoms with Gasteiger partial charge in [0.15, 0.2) is 0 Å². The lowest BCUT2D eigenvalue weighted by molar-refractivity contribution is 0.0725. The Morgan fingerprint density at radius 1 is 1.31 bits per heavy atom. The van der Waals surface area contributed by atoms with Gasteiger partial charge >= 0.3 is 6.09 Å². The van der Waals surface area contributed by atoms with E-state index in [1.165, 1.54) is 11.1 Å². The van der Waals surface area contributed by atoms with E-state index in [-0.39, 0.29) is 18.0 Å². The van der Waals surface area contributed by atoms with Crippen LogP contribution in [0.4, 0.5) is 10.5 Å². The second-order valence-electron chi connectivity index (χ2n) is 7.57. The van der Waals surface area contributed by atoms with Crippen LogP contribution in [-0.2, 0) is 0 Å². The van der Waals surface area contributed by atoms with Crippen LogP contribution < -0.4 is 10.6 Å². The van der Waals surface area contributed by atoms with Crippen molar-refractivity contribution in [2.75, 3.05) is 11.9 Å². The van der Waals surface area contributed by atoms with Crippen molar-refractivity contribution in [3.8, 4) is 0 Å². The first kappa shape index (κ1) is 22.0. The number of hydrogen-bond acceptors (Lipinski definition) is 4. The van der Waals surface area contributed by atoms with Gasteiger partial charge < -0.3 is 20.6 Å². The molecule has 26 heavy (non-hydrogen) atoms. The third-order valence-electron chi connectivity index (χ3n) is 3.78. The first-order valence-electron chi connectivity index (χ1n) is 8.66. The smallest absolute Gasteiger partial charge is 0.407 e. The number of nitrogens with one attached hydrogen (secondary N) is 2. The summed E-state index contributed by atoms with van der Waals surface area (Å²) in [6.45, 7) is 11.7. The monoisotopic (exact) mass is 384 g/mol. The quantitative estimate of drug-likeness (QED) is 0.621. The van der Waals surface area contributed by atoms with Crippen LogP contribution >= 0.6 is 11.6 Å². The topological polar surface area (TPSA) is 94.6 Å². The number of halogens is 1. The van der Waals surface area contributed by atoms with Crippen molar-refractivity contribution in [3.63, 3.8) is 0 Å². The van der Waals surface area contributed by atoms with E-state index in [0.717, 1.165) is 0 Å².